The summed E-state index contributed by atoms with van der Waals surface area (Å²) < 4.78 is 35.1. The number of carboxylic acid groups (broad SMARTS) is 1. The molecule has 5 rings (SSSR count). The van der Waals surface area contributed by atoms with Gasteiger partial charge in [-0.15, -0.1) is 11.3 Å². The van der Waals surface area contributed by atoms with Gasteiger partial charge in [0.05, 0.1) is 22.2 Å². The predicted octanol–water partition coefficient (Wildman–Crippen LogP) is 7.68. The Morgan fingerprint density at radius 3 is 2.22 bits per heavy atom. The highest BCUT2D eigenvalue weighted by Crippen LogP contribution is 2.41. The van der Waals surface area contributed by atoms with Crippen LogP contribution in [0.5, 0.6) is 5.75 Å². The molecule has 1 aromatic heterocycles. The van der Waals surface area contributed by atoms with E-state index in [2.05, 4.69) is 5.32 Å². The molecule has 3 aromatic carbocycles. The van der Waals surface area contributed by atoms with Crippen LogP contribution in [0.25, 0.3) is 21.2 Å². The van der Waals surface area contributed by atoms with Crippen LogP contribution in [0.1, 0.15) is 51.3 Å². The number of nitrogens with zero attached hydrogens (tertiary/aromatic N) is 2. The van der Waals surface area contributed by atoms with Gasteiger partial charge < -0.3 is 25.0 Å². The van der Waals surface area contributed by atoms with Gasteiger partial charge in [-0.2, -0.15) is 0 Å². The largest absolute Gasteiger partial charge is 0.496 e. The lowest BCUT2D eigenvalue weighted by molar-refractivity contribution is 0.0592. The normalized spacial score (nSPS) is 16.2. The summed E-state index contributed by atoms with van der Waals surface area (Å²) in [6.45, 7) is 0.455. The van der Waals surface area contributed by atoms with Gasteiger partial charge >= 0.3 is 6.09 Å². The van der Waals surface area contributed by atoms with E-state index in [1.54, 1.807) is 38.2 Å². The fourth-order valence-corrected chi connectivity index (χ4v) is 7.46. The Morgan fingerprint density at radius 1 is 0.957 bits per heavy atom. The van der Waals surface area contributed by atoms with Gasteiger partial charge in [-0.25, -0.2) is 13.6 Å². The summed E-state index contributed by atoms with van der Waals surface area (Å²) in [5, 5.41) is 11.2. The maximum Gasteiger partial charge on any atom is 0.404 e. The molecule has 0 aliphatic heterocycles. The summed E-state index contributed by atoms with van der Waals surface area (Å²) >= 11 is 7.40. The number of hydrogen-bond donors (Lipinski definition) is 2. The molecule has 0 atom stereocenters. The summed E-state index contributed by atoms with van der Waals surface area (Å²) in [5.74, 6) is -1.24. The Bertz CT molecular complexity index is 1770. The third-order valence-electron chi connectivity index (χ3n) is 8.43. The first-order valence-electron chi connectivity index (χ1n) is 14.8. The predicted molar refractivity (Wildman–Crippen MR) is 175 cm³/mol. The monoisotopic (exact) mass is 669 g/mol. The molecular weight excluding hydrogens is 636 g/mol. The van der Waals surface area contributed by atoms with Crippen molar-refractivity contribution in [3.63, 3.8) is 0 Å². The summed E-state index contributed by atoms with van der Waals surface area (Å²) in [7, 11) is 4.93. The third-order valence-corrected chi connectivity index (χ3v) is 10.1. The van der Waals surface area contributed by atoms with Crippen LogP contribution in [0.2, 0.25) is 5.02 Å². The smallest absolute Gasteiger partial charge is 0.404 e. The molecule has 0 radical (unpaired) electrons. The lowest BCUT2D eigenvalue weighted by atomic mass is 9.85. The molecule has 0 spiro atoms. The summed E-state index contributed by atoms with van der Waals surface area (Å²) in [6, 6.07) is 14.6. The zero-order valence-corrected chi connectivity index (χ0v) is 27.2. The van der Waals surface area contributed by atoms with Crippen LogP contribution in [-0.4, -0.2) is 66.6 Å². The maximum absolute atomic E-state index is 14.7. The molecule has 4 aromatic rings. The number of amides is 3. The Labute approximate surface area is 274 Å². The molecule has 1 fully saturated rings. The van der Waals surface area contributed by atoms with Crippen molar-refractivity contribution >= 4 is 50.9 Å². The average Bonchev–Trinajstić information content (AvgIpc) is 3.42. The Hall–Kier alpha value is -4.22. The van der Waals surface area contributed by atoms with E-state index in [1.807, 2.05) is 30.3 Å². The molecule has 0 bridgehead atoms. The van der Waals surface area contributed by atoms with Gasteiger partial charge in [-0.3, -0.25) is 9.59 Å². The highest BCUT2D eigenvalue weighted by atomic mass is 35.5. The second-order valence-corrected chi connectivity index (χ2v) is 13.0. The number of carbonyl (C=O) groups is 3. The number of carbonyl (C=O) groups excluding carboxylic acids is 2. The van der Waals surface area contributed by atoms with E-state index in [0.717, 1.165) is 34.6 Å². The highest BCUT2D eigenvalue weighted by Gasteiger charge is 2.33. The number of rotatable bonds is 9. The topological polar surface area (TPSA) is 99.2 Å². The van der Waals surface area contributed by atoms with E-state index in [9.17, 15) is 23.2 Å². The van der Waals surface area contributed by atoms with Crippen LogP contribution in [0.4, 0.5) is 13.6 Å². The molecule has 0 unspecified atom stereocenters. The van der Waals surface area contributed by atoms with E-state index in [-0.39, 0.29) is 44.4 Å². The molecule has 1 heterocycles. The van der Waals surface area contributed by atoms with E-state index in [1.165, 1.54) is 4.90 Å². The number of nitrogens with one attached hydrogen (secondary N) is 1. The fourth-order valence-electron chi connectivity index (χ4n) is 5.95. The molecule has 2 N–H and O–H groups in total. The number of hydrogen-bond acceptors (Lipinski definition) is 5. The van der Waals surface area contributed by atoms with Crippen molar-refractivity contribution in [2.75, 3.05) is 27.7 Å². The summed E-state index contributed by atoms with van der Waals surface area (Å²) in [6.07, 6.45) is 1.50. The molecule has 0 saturated heterocycles. The van der Waals surface area contributed by atoms with Gasteiger partial charge in [0.25, 0.3) is 11.8 Å². The van der Waals surface area contributed by atoms with E-state index >= 15 is 0 Å². The first-order valence-corrected chi connectivity index (χ1v) is 16.0. The van der Waals surface area contributed by atoms with Gasteiger partial charge in [0.2, 0.25) is 0 Å². The lowest BCUT2D eigenvalue weighted by Crippen LogP contribution is -2.43. The lowest BCUT2D eigenvalue weighted by Gasteiger charge is -2.37. The van der Waals surface area contributed by atoms with Gasteiger partial charge in [-0.05, 0) is 79.1 Å². The molecule has 8 nitrogen and oxygen atoms in total. The molecular formula is C34H34ClF2N3O5S. The quantitative estimate of drug-likeness (QED) is 0.191. The zero-order valence-electron chi connectivity index (χ0n) is 25.6. The zero-order chi connectivity index (χ0) is 33.1. The summed E-state index contributed by atoms with van der Waals surface area (Å²) in [4.78, 5) is 41.0. The van der Waals surface area contributed by atoms with Gasteiger partial charge in [0, 0.05) is 44.4 Å². The molecule has 1 saturated carbocycles. The Balaban J connectivity index is 1.50. The summed E-state index contributed by atoms with van der Waals surface area (Å²) in [5.41, 5.74) is 2.98. The number of ether oxygens (including phenoxy) is 1. The Kier molecular flexibility index (Phi) is 10.1. The standard InChI is InChI=1S/C34H34ClF2N3O5S/c1-39(2)32(41)21-8-6-20(7-9-21)22-10-15-27(45-3)23(16-22)18-40(24-11-4-19(5-12-24)17-38-34(43)44)33(42)31-29(35)28-25(36)13-14-26(37)30(28)46-31/h6-10,13-16,19,24,38H,4-5,11-12,17-18H2,1-3H3,(H,43,44). The van der Waals surface area contributed by atoms with Gasteiger partial charge in [0.1, 0.15) is 22.3 Å². The second-order valence-electron chi connectivity index (χ2n) is 11.6. The minimum Gasteiger partial charge on any atom is -0.496 e. The van der Waals surface area contributed by atoms with Crippen molar-refractivity contribution in [1.82, 2.24) is 15.1 Å². The van der Waals surface area contributed by atoms with Crippen molar-refractivity contribution in [3.05, 3.63) is 87.3 Å². The van der Waals surface area contributed by atoms with E-state index < -0.39 is 23.6 Å². The molecule has 12 heteroatoms. The first kappa shape index (κ1) is 33.2. The van der Waals surface area contributed by atoms with Gasteiger partial charge in [-0.1, -0.05) is 29.8 Å². The maximum atomic E-state index is 14.7. The number of benzene rings is 3. The van der Waals surface area contributed by atoms with Crippen LogP contribution in [0, 0.1) is 17.6 Å². The minimum absolute atomic E-state index is 0.0208. The van der Waals surface area contributed by atoms with Gasteiger partial charge in [0.15, 0.2) is 0 Å². The first-order chi connectivity index (χ1) is 22.0. The molecule has 242 valence electrons. The molecule has 1 aliphatic carbocycles. The SMILES string of the molecule is COc1ccc(-c2ccc(C(=O)N(C)C)cc2)cc1CN(C(=O)c1sc2c(F)ccc(F)c2c1Cl)C1CCC(CNC(=O)O)CC1. The number of methoxy groups -OCH3 is 1. The third kappa shape index (κ3) is 6.95. The van der Waals surface area contributed by atoms with Crippen LogP contribution in [0.15, 0.2) is 54.6 Å². The number of halogens is 3. The highest BCUT2D eigenvalue weighted by molar-refractivity contribution is 7.21. The van der Waals surface area contributed by atoms with Crippen LogP contribution >= 0.6 is 22.9 Å². The van der Waals surface area contributed by atoms with E-state index in [4.69, 9.17) is 21.4 Å². The minimum atomic E-state index is -1.08. The van der Waals surface area contributed by atoms with Crippen LogP contribution in [0.3, 0.4) is 0 Å². The number of thiophene rings is 1. The average molecular weight is 670 g/mol. The van der Waals surface area contributed by atoms with Crippen LogP contribution in [-0.2, 0) is 6.54 Å². The Morgan fingerprint density at radius 2 is 1.61 bits per heavy atom. The van der Waals surface area contributed by atoms with Crippen LogP contribution < -0.4 is 10.1 Å². The number of fused-ring (bicyclic) bond motifs is 1. The van der Waals surface area contributed by atoms with Crippen molar-refractivity contribution in [2.24, 2.45) is 5.92 Å². The van der Waals surface area contributed by atoms with Crippen molar-refractivity contribution < 1.29 is 33.0 Å². The van der Waals surface area contributed by atoms with Crippen molar-refractivity contribution in [1.29, 1.82) is 0 Å². The fraction of sp³-hybridized carbons (Fsp3) is 0.324. The molecule has 46 heavy (non-hydrogen) atoms. The molecule has 1 aliphatic rings. The van der Waals surface area contributed by atoms with Crippen molar-refractivity contribution in [3.8, 4) is 16.9 Å². The molecule has 3 amide bonds. The van der Waals surface area contributed by atoms with E-state index in [0.29, 0.717) is 49.1 Å². The van der Waals surface area contributed by atoms with Crippen molar-refractivity contribution in [2.45, 2.75) is 38.3 Å². The second kappa shape index (κ2) is 14.0.